The molecule has 126 valence electrons. The van der Waals surface area contributed by atoms with E-state index in [1.165, 1.54) is 77.0 Å². The second-order valence-corrected chi connectivity index (χ2v) is 6.31. The molecule has 21 heavy (non-hydrogen) atoms. The molecule has 0 aromatic rings. The Morgan fingerprint density at radius 3 is 1.76 bits per heavy atom. The average Bonchev–Trinajstić information content (AvgIpc) is 2.51. The summed E-state index contributed by atoms with van der Waals surface area (Å²) >= 11 is 0. The van der Waals surface area contributed by atoms with Crippen molar-refractivity contribution >= 4 is 5.97 Å². The first-order valence-corrected chi connectivity index (χ1v) is 9.40. The molecular weight excluding hydrogens is 260 g/mol. The van der Waals surface area contributed by atoms with Gasteiger partial charge in [0.1, 0.15) is 0 Å². The molecule has 0 saturated heterocycles. The molecule has 0 bridgehead atoms. The molecule has 0 aliphatic rings. The van der Waals surface area contributed by atoms with Gasteiger partial charge in [-0.15, -0.1) is 0 Å². The van der Waals surface area contributed by atoms with E-state index in [-0.39, 0.29) is 5.97 Å². The van der Waals surface area contributed by atoms with Gasteiger partial charge in [0, 0.05) is 6.42 Å². The van der Waals surface area contributed by atoms with Gasteiger partial charge in [-0.25, -0.2) is 0 Å². The van der Waals surface area contributed by atoms with Gasteiger partial charge in [0.15, 0.2) is 0 Å². The highest BCUT2D eigenvalue weighted by Gasteiger charge is 2.11. The monoisotopic (exact) mass is 298 g/mol. The van der Waals surface area contributed by atoms with Crippen LogP contribution in [0, 0.1) is 5.92 Å². The number of ether oxygens (including phenoxy) is 1. The fourth-order valence-corrected chi connectivity index (χ4v) is 2.70. The number of rotatable bonds is 15. The van der Waals surface area contributed by atoms with E-state index in [4.69, 9.17) is 4.74 Å². The lowest BCUT2D eigenvalue weighted by Crippen LogP contribution is -2.14. The Balaban J connectivity index is 3.80. The number of hydrogen-bond acceptors (Lipinski definition) is 2. The summed E-state index contributed by atoms with van der Waals surface area (Å²) < 4.78 is 5.37. The lowest BCUT2D eigenvalue weighted by atomic mass is 9.95. The van der Waals surface area contributed by atoms with Crippen molar-refractivity contribution in [3.05, 3.63) is 0 Å². The molecule has 0 fully saturated rings. The smallest absolute Gasteiger partial charge is 0.305 e. The number of hydrogen-bond donors (Lipinski definition) is 0. The first-order valence-electron chi connectivity index (χ1n) is 9.40. The van der Waals surface area contributed by atoms with Crippen molar-refractivity contribution in [1.82, 2.24) is 0 Å². The Morgan fingerprint density at radius 2 is 1.24 bits per heavy atom. The molecule has 0 aliphatic carbocycles. The van der Waals surface area contributed by atoms with Crippen molar-refractivity contribution in [1.29, 1.82) is 0 Å². The van der Waals surface area contributed by atoms with Crippen LogP contribution < -0.4 is 0 Å². The SMILES string of the molecule is CCCCCCCCC(CCCCCC)COC(=O)CC. The first-order chi connectivity index (χ1) is 10.2. The Bertz CT molecular complexity index is 226. The number of esters is 1. The minimum Gasteiger partial charge on any atom is -0.465 e. The zero-order valence-electron chi connectivity index (χ0n) is 14.8. The van der Waals surface area contributed by atoms with Crippen LogP contribution in [-0.2, 0) is 9.53 Å². The summed E-state index contributed by atoms with van der Waals surface area (Å²) in [5.41, 5.74) is 0. The van der Waals surface area contributed by atoms with E-state index >= 15 is 0 Å². The van der Waals surface area contributed by atoms with Gasteiger partial charge in [-0.3, -0.25) is 4.79 Å². The third-order valence-electron chi connectivity index (χ3n) is 4.20. The maximum Gasteiger partial charge on any atom is 0.305 e. The summed E-state index contributed by atoms with van der Waals surface area (Å²) in [5.74, 6) is 0.542. The molecule has 1 atom stereocenters. The van der Waals surface area contributed by atoms with Crippen molar-refractivity contribution in [2.45, 2.75) is 104 Å². The van der Waals surface area contributed by atoms with Crippen LogP contribution in [0.1, 0.15) is 104 Å². The summed E-state index contributed by atoms with van der Waals surface area (Å²) in [6.07, 6.45) is 16.3. The van der Waals surface area contributed by atoms with Gasteiger partial charge >= 0.3 is 5.97 Å². The van der Waals surface area contributed by atoms with Crippen LogP contribution in [0.25, 0.3) is 0 Å². The van der Waals surface area contributed by atoms with E-state index < -0.39 is 0 Å². The van der Waals surface area contributed by atoms with E-state index in [0.717, 1.165) is 0 Å². The molecule has 2 heteroatoms. The average molecular weight is 299 g/mol. The van der Waals surface area contributed by atoms with Crippen LogP contribution in [0.15, 0.2) is 0 Å². The molecule has 0 aliphatic heterocycles. The molecule has 0 heterocycles. The van der Waals surface area contributed by atoms with E-state index in [0.29, 0.717) is 18.9 Å². The van der Waals surface area contributed by atoms with Crippen molar-refractivity contribution in [2.24, 2.45) is 5.92 Å². The number of carbonyl (C=O) groups is 1. The molecule has 0 rings (SSSR count). The Labute approximate surface area is 133 Å². The fourth-order valence-electron chi connectivity index (χ4n) is 2.70. The van der Waals surface area contributed by atoms with Crippen molar-refractivity contribution in [3.63, 3.8) is 0 Å². The quantitative estimate of drug-likeness (QED) is 0.263. The molecule has 0 aromatic carbocycles. The van der Waals surface area contributed by atoms with Gasteiger partial charge in [-0.1, -0.05) is 85.0 Å². The second-order valence-electron chi connectivity index (χ2n) is 6.31. The lowest BCUT2D eigenvalue weighted by Gasteiger charge is -2.17. The summed E-state index contributed by atoms with van der Waals surface area (Å²) in [4.78, 5) is 11.3. The van der Waals surface area contributed by atoms with Crippen molar-refractivity contribution in [3.8, 4) is 0 Å². The van der Waals surface area contributed by atoms with Gasteiger partial charge < -0.3 is 4.74 Å². The van der Waals surface area contributed by atoms with Gasteiger partial charge in [0.25, 0.3) is 0 Å². The lowest BCUT2D eigenvalue weighted by molar-refractivity contribution is -0.144. The topological polar surface area (TPSA) is 26.3 Å². The van der Waals surface area contributed by atoms with Crippen LogP contribution in [0.5, 0.6) is 0 Å². The van der Waals surface area contributed by atoms with Crippen molar-refractivity contribution < 1.29 is 9.53 Å². The van der Waals surface area contributed by atoms with E-state index in [1.807, 2.05) is 6.92 Å². The van der Waals surface area contributed by atoms with Gasteiger partial charge in [0.2, 0.25) is 0 Å². The van der Waals surface area contributed by atoms with Crippen LogP contribution in [0.4, 0.5) is 0 Å². The van der Waals surface area contributed by atoms with Gasteiger partial charge in [-0.05, 0) is 18.8 Å². The van der Waals surface area contributed by atoms with Crippen LogP contribution in [0.3, 0.4) is 0 Å². The highest BCUT2D eigenvalue weighted by molar-refractivity contribution is 5.68. The summed E-state index contributed by atoms with van der Waals surface area (Å²) in [7, 11) is 0. The Kier molecular flexibility index (Phi) is 15.5. The summed E-state index contributed by atoms with van der Waals surface area (Å²) in [6.45, 7) is 7.02. The molecule has 0 saturated carbocycles. The van der Waals surface area contributed by atoms with Crippen molar-refractivity contribution in [2.75, 3.05) is 6.61 Å². The van der Waals surface area contributed by atoms with E-state index in [1.54, 1.807) is 0 Å². The highest BCUT2D eigenvalue weighted by Crippen LogP contribution is 2.19. The minimum atomic E-state index is -0.0449. The van der Waals surface area contributed by atoms with E-state index in [9.17, 15) is 4.79 Å². The zero-order valence-corrected chi connectivity index (χ0v) is 14.8. The Hall–Kier alpha value is -0.530. The van der Waals surface area contributed by atoms with Crippen LogP contribution in [0.2, 0.25) is 0 Å². The third-order valence-corrected chi connectivity index (χ3v) is 4.20. The molecular formula is C19H38O2. The fraction of sp³-hybridized carbons (Fsp3) is 0.947. The first kappa shape index (κ1) is 20.5. The zero-order chi connectivity index (χ0) is 15.8. The maximum absolute atomic E-state index is 11.3. The number of carbonyl (C=O) groups excluding carboxylic acids is 1. The molecule has 0 amide bonds. The third kappa shape index (κ3) is 14.2. The standard InChI is InChI=1S/C19H38O2/c1-4-7-9-11-12-14-16-18(15-13-10-8-5-2)17-21-19(20)6-3/h18H,4-17H2,1-3H3. The normalized spacial score (nSPS) is 12.3. The summed E-state index contributed by atoms with van der Waals surface area (Å²) in [5, 5.41) is 0. The van der Waals surface area contributed by atoms with E-state index in [2.05, 4.69) is 13.8 Å². The maximum atomic E-state index is 11.3. The molecule has 0 aromatic heterocycles. The van der Waals surface area contributed by atoms with Gasteiger partial charge in [0.05, 0.1) is 6.61 Å². The number of unbranched alkanes of at least 4 members (excludes halogenated alkanes) is 8. The second kappa shape index (κ2) is 15.9. The van der Waals surface area contributed by atoms with Crippen LogP contribution in [-0.4, -0.2) is 12.6 Å². The predicted octanol–water partition coefficient (Wildman–Crippen LogP) is 6.28. The Morgan fingerprint density at radius 1 is 0.762 bits per heavy atom. The largest absolute Gasteiger partial charge is 0.465 e. The van der Waals surface area contributed by atoms with Crippen LogP contribution >= 0.6 is 0 Å². The molecule has 1 unspecified atom stereocenters. The minimum absolute atomic E-state index is 0.0449. The molecule has 0 N–H and O–H groups in total. The molecule has 2 nitrogen and oxygen atoms in total. The molecule has 0 radical (unpaired) electrons. The summed E-state index contributed by atoms with van der Waals surface area (Å²) in [6, 6.07) is 0. The predicted molar refractivity (Wildman–Crippen MR) is 91.5 cm³/mol. The van der Waals surface area contributed by atoms with Gasteiger partial charge in [-0.2, -0.15) is 0 Å². The molecule has 0 spiro atoms. The highest BCUT2D eigenvalue weighted by atomic mass is 16.5.